The standard InChI is InChI=1S/C16H20N6/c1-20-12-17-10-13(20)11-21-8-3-2-4-15(21)14-6-9-22-16(19-14)5-7-18-22/h5-7,9-10,12,15H,2-4,8,11H2,1H3/t15-/m1/s1. The average molecular weight is 296 g/mol. The second-order valence-corrected chi connectivity index (χ2v) is 5.96. The molecule has 0 N–H and O–H groups in total. The second kappa shape index (κ2) is 5.53. The lowest BCUT2D eigenvalue weighted by atomic mass is 9.99. The van der Waals surface area contributed by atoms with E-state index in [-0.39, 0.29) is 0 Å². The molecule has 4 rings (SSSR count). The van der Waals surface area contributed by atoms with E-state index in [2.05, 4.69) is 32.7 Å². The maximum absolute atomic E-state index is 4.80. The van der Waals surface area contributed by atoms with Crippen molar-refractivity contribution >= 4 is 5.65 Å². The molecule has 1 atom stereocenters. The molecule has 3 aromatic heterocycles. The number of hydrogen-bond donors (Lipinski definition) is 0. The number of fused-ring (bicyclic) bond motifs is 1. The first-order valence-corrected chi connectivity index (χ1v) is 7.81. The van der Waals surface area contributed by atoms with Crippen LogP contribution in [-0.4, -0.2) is 35.6 Å². The van der Waals surface area contributed by atoms with Gasteiger partial charge in [-0.3, -0.25) is 4.90 Å². The molecular weight excluding hydrogens is 276 g/mol. The van der Waals surface area contributed by atoms with Gasteiger partial charge in [0, 0.05) is 32.1 Å². The summed E-state index contributed by atoms with van der Waals surface area (Å²) >= 11 is 0. The van der Waals surface area contributed by atoms with E-state index in [1.165, 1.54) is 18.5 Å². The number of aromatic nitrogens is 5. The summed E-state index contributed by atoms with van der Waals surface area (Å²) < 4.78 is 3.91. The molecule has 114 valence electrons. The zero-order valence-electron chi connectivity index (χ0n) is 12.8. The van der Waals surface area contributed by atoms with E-state index >= 15 is 0 Å². The number of aryl methyl sites for hydroxylation is 1. The molecule has 0 amide bonds. The van der Waals surface area contributed by atoms with Crippen LogP contribution in [0, 0.1) is 0 Å². The molecule has 6 heteroatoms. The molecule has 4 heterocycles. The molecule has 3 aromatic rings. The van der Waals surface area contributed by atoms with Crippen molar-refractivity contribution in [3.8, 4) is 0 Å². The minimum Gasteiger partial charge on any atom is -0.337 e. The van der Waals surface area contributed by atoms with E-state index < -0.39 is 0 Å². The monoisotopic (exact) mass is 296 g/mol. The number of imidazole rings is 1. The number of nitrogens with zero attached hydrogens (tertiary/aromatic N) is 6. The van der Waals surface area contributed by atoms with Crippen LogP contribution < -0.4 is 0 Å². The Kier molecular flexibility index (Phi) is 3.38. The van der Waals surface area contributed by atoms with Crippen LogP contribution in [0.5, 0.6) is 0 Å². The quantitative estimate of drug-likeness (QED) is 0.743. The Morgan fingerprint density at radius 3 is 3.09 bits per heavy atom. The van der Waals surface area contributed by atoms with E-state index in [9.17, 15) is 0 Å². The van der Waals surface area contributed by atoms with Gasteiger partial charge in [-0.05, 0) is 25.5 Å². The molecule has 1 aliphatic heterocycles. The third kappa shape index (κ3) is 2.39. The summed E-state index contributed by atoms with van der Waals surface area (Å²) in [6.45, 7) is 2.04. The minimum absolute atomic E-state index is 0.378. The maximum atomic E-state index is 4.80. The highest BCUT2D eigenvalue weighted by Gasteiger charge is 2.26. The van der Waals surface area contributed by atoms with E-state index in [0.29, 0.717) is 6.04 Å². The zero-order valence-corrected chi connectivity index (χ0v) is 12.8. The summed E-state index contributed by atoms with van der Waals surface area (Å²) in [4.78, 5) is 11.5. The molecular formula is C16H20N6. The summed E-state index contributed by atoms with van der Waals surface area (Å²) in [5, 5.41) is 4.23. The molecule has 0 bridgehead atoms. The second-order valence-electron chi connectivity index (χ2n) is 5.96. The Balaban J connectivity index is 1.63. The van der Waals surface area contributed by atoms with Crippen molar-refractivity contribution < 1.29 is 0 Å². The van der Waals surface area contributed by atoms with Crippen LogP contribution >= 0.6 is 0 Å². The van der Waals surface area contributed by atoms with Gasteiger partial charge in [0.15, 0.2) is 5.65 Å². The van der Waals surface area contributed by atoms with Gasteiger partial charge < -0.3 is 4.57 Å². The van der Waals surface area contributed by atoms with Crippen LogP contribution in [0.15, 0.2) is 37.1 Å². The van der Waals surface area contributed by atoms with Crippen molar-refractivity contribution in [1.82, 2.24) is 29.0 Å². The van der Waals surface area contributed by atoms with Crippen LogP contribution in [-0.2, 0) is 13.6 Å². The number of piperidine rings is 1. The Morgan fingerprint density at radius 2 is 2.23 bits per heavy atom. The van der Waals surface area contributed by atoms with Gasteiger partial charge in [-0.25, -0.2) is 14.5 Å². The third-order valence-corrected chi connectivity index (χ3v) is 4.52. The fourth-order valence-electron chi connectivity index (χ4n) is 3.27. The normalized spacial score (nSPS) is 19.8. The van der Waals surface area contributed by atoms with Crippen LogP contribution in [0.2, 0.25) is 0 Å². The van der Waals surface area contributed by atoms with Crippen LogP contribution in [0.4, 0.5) is 0 Å². The summed E-state index contributed by atoms with van der Waals surface area (Å²) in [5.41, 5.74) is 3.32. The van der Waals surface area contributed by atoms with Gasteiger partial charge in [0.25, 0.3) is 0 Å². The number of likely N-dealkylation sites (tertiary alicyclic amines) is 1. The highest BCUT2D eigenvalue weighted by atomic mass is 15.2. The largest absolute Gasteiger partial charge is 0.337 e. The van der Waals surface area contributed by atoms with Crippen molar-refractivity contribution in [2.24, 2.45) is 7.05 Å². The Morgan fingerprint density at radius 1 is 1.27 bits per heavy atom. The highest BCUT2D eigenvalue weighted by Crippen LogP contribution is 2.31. The van der Waals surface area contributed by atoms with Gasteiger partial charge in [0.1, 0.15) is 0 Å². The van der Waals surface area contributed by atoms with Gasteiger partial charge >= 0.3 is 0 Å². The van der Waals surface area contributed by atoms with Crippen LogP contribution in [0.3, 0.4) is 0 Å². The SMILES string of the molecule is Cn1cncc1CN1CCCC[C@@H]1c1ccn2nccc2n1. The van der Waals surface area contributed by atoms with Crippen LogP contribution in [0.1, 0.15) is 36.7 Å². The molecule has 1 fully saturated rings. The lowest BCUT2D eigenvalue weighted by Gasteiger charge is -2.35. The molecule has 0 unspecified atom stereocenters. The first-order valence-electron chi connectivity index (χ1n) is 7.81. The van der Waals surface area contributed by atoms with Crippen molar-refractivity contribution in [3.05, 3.63) is 48.4 Å². The smallest absolute Gasteiger partial charge is 0.155 e. The number of hydrogen-bond acceptors (Lipinski definition) is 4. The van der Waals surface area contributed by atoms with E-state index in [0.717, 1.165) is 30.9 Å². The van der Waals surface area contributed by atoms with E-state index in [4.69, 9.17) is 4.98 Å². The minimum atomic E-state index is 0.378. The van der Waals surface area contributed by atoms with Crippen molar-refractivity contribution in [2.75, 3.05) is 6.54 Å². The highest BCUT2D eigenvalue weighted by molar-refractivity contribution is 5.37. The molecule has 0 radical (unpaired) electrons. The lowest BCUT2D eigenvalue weighted by molar-refractivity contribution is 0.134. The van der Waals surface area contributed by atoms with Gasteiger partial charge in [-0.1, -0.05) is 6.42 Å². The molecule has 1 saturated heterocycles. The summed E-state index contributed by atoms with van der Waals surface area (Å²) in [6, 6.07) is 4.44. The zero-order chi connectivity index (χ0) is 14.9. The predicted molar refractivity (Wildman–Crippen MR) is 83.2 cm³/mol. The fraction of sp³-hybridized carbons (Fsp3) is 0.438. The number of rotatable bonds is 3. The fourth-order valence-corrected chi connectivity index (χ4v) is 3.27. The summed E-state index contributed by atoms with van der Waals surface area (Å²) in [5.74, 6) is 0. The Labute approximate surface area is 129 Å². The first kappa shape index (κ1) is 13.5. The molecule has 1 aliphatic rings. The maximum Gasteiger partial charge on any atom is 0.155 e. The molecule has 0 aliphatic carbocycles. The first-order chi connectivity index (χ1) is 10.8. The van der Waals surface area contributed by atoms with Crippen LogP contribution in [0.25, 0.3) is 5.65 Å². The lowest BCUT2D eigenvalue weighted by Crippen LogP contribution is -2.34. The molecule has 0 saturated carbocycles. The summed E-state index contributed by atoms with van der Waals surface area (Å²) in [6.07, 6.45) is 11.3. The van der Waals surface area contributed by atoms with Crippen molar-refractivity contribution in [1.29, 1.82) is 0 Å². The predicted octanol–water partition coefficient (Wildman–Crippen LogP) is 2.19. The average Bonchev–Trinajstić information content (AvgIpc) is 3.16. The Bertz CT molecular complexity index is 774. The van der Waals surface area contributed by atoms with Gasteiger partial charge in [-0.15, -0.1) is 0 Å². The molecule has 6 nitrogen and oxygen atoms in total. The molecule has 0 spiro atoms. The van der Waals surface area contributed by atoms with Gasteiger partial charge in [0.2, 0.25) is 0 Å². The van der Waals surface area contributed by atoms with E-state index in [1.807, 2.05) is 29.3 Å². The molecule has 0 aromatic carbocycles. The van der Waals surface area contributed by atoms with Gasteiger partial charge in [-0.2, -0.15) is 5.10 Å². The topological polar surface area (TPSA) is 51.2 Å². The third-order valence-electron chi connectivity index (χ3n) is 4.52. The van der Waals surface area contributed by atoms with Gasteiger partial charge in [0.05, 0.1) is 30.0 Å². The Hall–Kier alpha value is -2.21. The van der Waals surface area contributed by atoms with Crippen molar-refractivity contribution in [3.63, 3.8) is 0 Å². The van der Waals surface area contributed by atoms with E-state index in [1.54, 1.807) is 6.20 Å². The summed E-state index contributed by atoms with van der Waals surface area (Å²) in [7, 11) is 2.05. The molecule has 22 heavy (non-hydrogen) atoms. The van der Waals surface area contributed by atoms with Crippen molar-refractivity contribution in [2.45, 2.75) is 31.8 Å².